The van der Waals surface area contributed by atoms with Crippen LogP contribution in [0.15, 0.2) is 41.3 Å². The molecule has 2 aliphatic heterocycles. The summed E-state index contributed by atoms with van der Waals surface area (Å²) < 4.78 is 33.6. The van der Waals surface area contributed by atoms with Crippen molar-refractivity contribution in [2.24, 2.45) is 0 Å². The van der Waals surface area contributed by atoms with Gasteiger partial charge in [0.2, 0.25) is 15.9 Å². The molecule has 1 unspecified atom stereocenters. The van der Waals surface area contributed by atoms with Gasteiger partial charge in [-0.3, -0.25) is 4.79 Å². The van der Waals surface area contributed by atoms with E-state index in [0.717, 1.165) is 22.9 Å². The highest BCUT2D eigenvalue weighted by Gasteiger charge is 2.54. The lowest BCUT2D eigenvalue weighted by atomic mass is 9.87. The van der Waals surface area contributed by atoms with E-state index in [9.17, 15) is 13.2 Å². The summed E-state index contributed by atoms with van der Waals surface area (Å²) in [5.74, 6) is 0.660. The Kier molecular flexibility index (Phi) is 4.39. The van der Waals surface area contributed by atoms with E-state index in [1.54, 1.807) is 37.3 Å². The number of fused-ring (bicyclic) bond motifs is 1. The Morgan fingerprint density at radius 3 is 2.41 bits per heavy atom. The number of carbonyl (C=O) groups excluding carboxylic acids is 1. The normalized spacial score (nSPS) is 24.1. The number of carbonyl (C=O) groups is 1. The smallest absolute Gasteiger partial charge is 0.244 e. The summed E-state index contributed by atoms with van der Waals surface area (Å²) in [5, 5.41) is 1.75. The number of likely N-dealkylation sites (N-methyl/N-ethyl adjacent to an activating group) is 1. The van der Waals surface area contributed by atoms with Gasteiger partial charge < -0.3 is 9.64 Å². The molecule has 0 N–H and O–H groups in total. The van der Waals surface area contributed by atoms with E-state index in [4.69, 9.17) is 4.74 Å². The number of hydrogen-bond donors (Lipinski definition) is 0. The summed E-state index contributed by atoms with van der Waals surface area (Å²) in [7, 11) is -0.394. The highest BCUT2D eigenvalue weighted by Crippen LogP contribution is 2.41. The Morgan fingerprint density at radius 2 is 1.67 bits per heavy atom. The van der Waals surface area contributed by atoms with Crippen molar-refractivity contribution in [1.29, 1.82) is 0 Å². The molecule has 1 spiro atoms. The molecule has 0 bridgehead atoms. The lowest BCUT2D eigenvalue weighted by Gasteiger charge is -2.42. The molecule has 2 saturated heterocycles. The molecule has 1 amide bonds. The maximum atomic E-state index is 13.5. The molecule has 0 aromatic heterocycles. The molecule has 2 fully saturated rings. The summed E-state index contributed by atoms with van der Waals surface area (Å²) in [6.07, 6.45) is 2.73. The Bertz CT molecular complexity index is 1000. The molecule has 6 nitrogen and oxygen atoms in total. The van der Waals surface area contributed by atoms with E-state index < -0.39 is 15.6 Å². The SMILES string of the molecule is COc1ccc2cc(S(=O)(=O)N3CCCC34CCCN(C)C4=O)ccc2c1. The molecule has 4 rings (SSSR count). The molecule has 2 heterocycles. The van der Waals surface area contributed by atoms with Gasteiger partial charge in [-0.15, -0.1) is 0 Å². The van der Waals surface area contributed by atoms with Gasteiger partial charge in [-0.2, -0.15) is 4.31 Å². The standard InChI is InChI=1S/C20H24N2O4S/c1-21-11-3-9-20(19(21)23)10-4-12-22(20)27(24,25)18-8-6-15-13-17(26-2)7-5-16(15)14-18/h5-8,13-14H,3-4,9-12H2,1-2H3. The Morgan fingerprint density at radius 1 is 1.00 bits per heavy atom. The van der Waals surface area contributed by atoms with Crippen LogP contribution in [0, 0.1) is 0 Å². The molecule has 7 heteroatoms. The van der Waals surface area contributed by atoms with E-state index in [1.807, 2.05) is 18.2 Å². The van der Waals surface area contributed by atoms with E-state index in [0.29, 0.717) is 32.4 Å². The molecule has 2 aromatic rings. The van der Waals surface area contributed by atoms with Crippen molar-refractivity contribution in [3.8, 4) is 5.75 Å². The van der Waals surface area contributed by atoms with Crippen LogP contribution in [0.4, 0.5) is 0 Å². The lowest BCUT2D eigenvalue weighted by molar-refractivity contribution is -0.142. The van der Waals surface area contributed by atoms with Crippen LogP contribution < -0.4 is 4.74 Å². The zero-order valence-corrected chi connectivity index (χ0v) is 16.5. The van der Waals surface area contributed by atoms with Crippen molar-refractivity contribution < 1.29 is 17.9 Å². The molecule has 2 aromatic carbocycles. The van der Waals surface area contributed by atoms with Gasteiger partial charge in [0.25, 0.3) is 0 Å². The average Bonchev–Trinajstić information content (AvgIpc) is 3.10. The van der Waals surface area contributed by atoms with Crippen molar-refractivity contribution in [1.82, 2.24) is 9.21 Å². The van der Waals surface area contributed by atoms with Gasteiger partial charge in [0, 0.05) is 20.1 Å². The van der Waals surface area contributed by atoms with Crippen molar-refractivity contribution in [2.45, 2.75) is 36.1 Å². The predicted molar refractivity (Wildman–Crippen MR) is 103 cm³/mol. The molecule has 0 saturated carbocycles. The second-order valence-electron chi connectivity index (χ2n) is 7.42. The lowest BCUT2D eigenvalue weighted by Crippen LogP contribution is -2.60. The number of nitrogens with zero attached hydrogens (tertiary/aromatic N) is 2. The fraction of sp³-hybridized carbons (Fsp3) is 0.450. The maximum Gasteiger partial charge on any atom is 0.244 e. The zero-order valence-electron chi connectivity index (χ0n) is 15.6. The van der Waals surface area contributed by atoms with E-state index >= 15 is 0 Å². The van der Waals surface area contributed by atoms with E-state index in [2.05, 4.69) is 0 Å². The molecule has 2 aliphatic rings. The number of methoxy groups -OCH3 is 1. The fourth-order valence-electron chi connectivity index (χ4n) is 4.46. The first-order valence-electron chi connectivity index (χ1n) is 9.25. The van der Waals surface area contributed by atoms with Gasteiger partial charge in [0.15, 0.2) is 0 Å². The van der Waals surface area contributed by atoms with Gasteiger partial charge in [-0.1, -0.05) is 12.1 Å². The van der Waals surface area contributed by atoms with Gasteiger partial charge in [-0.25, -0.2) is 8.42 Å². The van der Waals surface area contributed by atoms with Crippen molar-refractivity contribution in [2.75, 3.05) is 27.2 Å². The predicted octanol–water partition coefficient (Wildman–Crippen LogP) is 2.62. The zero-order chi connectivity index (χ0) is 19.2. The van der Waals surface area contributed by atoms with Crippen LogP contribution in [0.1, 0.15) is 25.7 Å². The second kappa shape index (κ2) is 6.49. The van der Waals surface area contributed by atoms with Crippen LogP contribution in [-0.2, 0) is 14.8 Å². The Hall–Kier alpha value is -2.12. The van der Waals surface area contributed by atoms with Crippen LogP contribution in [0.5, 0.6) is 5.75 Å². The highest BCUT2D eigenvalue weighted by molar-refractivity contribution is 7.89. The molecular formula is C20H24N2O4S. The van der Waals surface area contributed by atoms with Crippen molar-refractivity contribution in [3.05, 3.63) is 36.4 Å². The molecule has 0 aliphatic carbocycles. The average molecular weight is 388 g/mol. The molecular weight excluding hydrogens is 364 g/mol. The summed E-state index contributed by atoms with van der Waals surface area (Å²) in [6.45, 7) is 1.08. The third-order valence-corrected chi connectivity index (χ3v) is 7.83. The minimum absolute atomic E-state index is 0.0691. The Balaban J connectivity index is 1.76. The topological polar surface area (TPSA) is 66.9 Å². The third kappa shape index (κ3) is 2.80. The minimum atomic E-state index is -3.76. The molecule has 27 heavy (non-hydrogen) atoms. The number of sulfonamides is 1. The number of ether oxygens (including phenoxy) is 1. The monoisotopic (exact) mass is 388 g/mol. The summed E-state index contributed by atoms with van der Waals surface area (Å²) >= 11 is 0. The van der Waals surface area contributed by atoms with Gasteiger partial charge in [-0.05, 0) is 60.7 Å². The number of piperidine rings is 1. The number of likely N-dealkylation sites (tertiary alicyclic amines) is 1. The number of amides is 1. The van der Waals surface area contributed by atoms with Crippen LogP contribution in [0.25, 0.3) is 10.8 Å². The molecule has 144 valence electrons. The van der Waals surface area contributed by atoms with E-state index in [-0.39, 0.29) is 10.8 Å². The quantitative estimate of drug-likeness (QED) is 0.811. The van der Waals surface area contributed by atoms with Crippen LogP contribution in [0.3, 0.4) is 0 Å². The van der Waals surface area contributed by atoms with Crippen LogP contribution >= 0.6 is 0 Å². The Labute approximate surface area is 159 Å². The summed E-state index contributed by atoms with van der Waals surface area (Å²) in [6, 6.07) is 10.7. The van der Waals surface area contributed by atoms with Crippen molar-refractivity contribution >= 4 is 26.7 Å². The fourth-order valence-corrected chi connectivity index (χ4v) is 6.32. The van der Waals surface area contributed by atoms with Gasteiger partial charge in [0.1, 0.15) is 11.3 Å². The maximum absolute atomic E-state index is 13.5. The van der Waals surface area contributed by atoms with Gasteiger partial charge in [0.05, 0.1) is 12.0 Å². The van der Waals surface area contributed by atoms with Crippen molar-refractivity contribution in [3.63, 3.8) is 0 Å². The second-order valence-corrected chi connectivity index (χ2v) is 9.28. The number of benzene rings is 2. The first-order chi connectivity index (χ1) is 12.9. The van der Waals surface area contributed by atoms with Crippen LogP contribution in [0.2, 0.25) is 0 Å². The summed E-state index contributed by atoms with van der Waals surface area (Å²) in [5.41, 5.74) is -0.916. The largest absolute Gasteiger partial charge is 0.497 e. The van der Waals surface area contributed by atoms with Gasteiger partial charge >= 0.3 is 0 Å². The molecule has 0 radical (unpaired) electrons. The van der Waals surface area contributed by atoms with E-state index in [1.165, 1.54) is 4.31 Å². The first kappa shape index (κ1) is 18.3. The highest BCUT2D eigenvalue weighted by atomic mass is 32.2. The minimum Gasteiger partial charge on any atom is -0.497 e. The number of rotatable bonds is 3. The number of hydrogen-bond acceptors (Lipinski definition) is 4. The third-order valence-electron chi connectivity index (χ3n) is 5.86. The first-order valence-corrected chi connectivity index (χ1v) is 10.7. The van der Waals surface area contributed by atoms with Crippen LogP contribution in [-0.4, -0.2) is 56.3 Å². The molecule has 1 atom stereocenters. The summed E-state index contributed by atoms with van der Waals surface area (Å²) in [4.78, 5) is 14.8.